The normalized spacial score (nSPS) is 19.1. The smallest absolute Gasteiger partial charge is 0.251 e. The highest BCUT2D eigenvalue weighted by Crippen LogP contribution is 2.35. The average molecular weight is 373 g/mol. The van der Waals surface area contributed by atoms with E-state index in [9.17, 15) is 9.90 Å². The van der Waals surface area contributed by atoms with Crippen LogP contribution in [0.4, 0.5) is 0 Å². The summed E-state index contributed by atoms with van der Waals surface area (Å²) in [7, 11) is 0. The molecule has 2 rings (SSSR count). The molecule has 0 spiro atoms. The van der Waals surface area contributed by atoms with Crippen LogP contribution in [-0.2, 0) is 0 Å². The van der Waals surface area contributed by atoms with E-state index in [-0.39, 0.29) is 17.7 Å². The molecule has 3 nitrogen and oxygen atoms in total. The maximum Gasteiger partial charge on any atom is 0.251 e. The van der Waals surface area contributed by atoms with Crippen molar-refractivity contribution in [2.75, 3.05) is 0 Å². The number of phenols is 1. The first kappa shape index (κ1) is 14.6. The minimum Gasteiger partial charge on any atom is -0.507 e. The van der Waals surface area contributed by atoms with Crippen LogP contribution >= 0.6 is 22.6 Å². The number of phenolic OH excluding ortho intramolecular Hbond substituents is 1. The molecule has 1 aromatic rings. The lowest BCUT2D eigenvalue weighted by Crippen LogP contribution is -2.39. The quantitative estimate of drug-likeness (QED) is 0.777. The number of rotatable bonds is 2. The molecule has 0 radical (unpaired) electrons. The van der Waals surface area contributed by atoms with Gasteiger partial charge in [-0.25, -0.2) is 0 Å². The molecule has 0 saturated heterocycles. The third-order valence-electron chi connectivity index (χ3n) is 3.88. The van der Waals surface area contributed by atoms with Crippen LogP contribution in [0.25, 0.3) is 0 Å². The highest BCUT2D eigenvalue weighted by Gasteiger charge is 2.27. The maximum atomic E-state index is 12.1. The number of carbonyl (C=O) groups excluding carboxylic acids is 1. The van der Waals surface area contributed by atoms with E-state index in [1.54, 1.807) is 12.1 Å². The lowest BCUT2D eigenvalue weighted by molar-refractivity contribution is 0.0908. The van der Waals surface area contributed by atoms with Gasteiger partial charge in [0.1, 0.15) is 5.75 Å². The Balaban J connectivity index is 1.96. The van der Waals surface area contributed by atoms with Gasteiger partial charge in [-0.15, -0.1) is 0 Å². The average Bonchev–Trinajstić information content (AvgIpc) is 2.35. The summed E-state index contributed by atoms with van der Waals surface area (Å²) in [6.07, 6.45) is 4.37. The molecule has 1 aliphatic rings. The number of hydrogen-bond acceptors (Lipinski definition) is 2. The molecule has 1 aromatic carbocycles. The topological polar surface area (TPSA) is 49.3 Å². The SMILES string of the molecule is CC1(C)CCC(NC(=O)c2ccc(I)c(O)c2)CC1. The monoisotopic (exact) mass is 373 g/mol. The van der Waals surface area contributed by atoms with E-state index in [1.165, 1.54) is 6.07 Å². The van der Waals surface area contributed by atoms with E-state index in [2.05, 4.69) is 19.2 Å². The largest absolute Gasteiger partial charge is 0.507 e. The van der Waals surface area contributed by atoms with Gasteiger partial charge in [0.2, 0.25) is 0 Å². The highest BCUT2D eigenvalue weighted by atomic mass is 127. The van der Waals surface area contributed by atoms with Gasteiger partial charge in [0.15, 0.2) is 0 Å². The number of nitrogens with one attached hydrogen (secondary N) is 1. The zero-order valence-corrected chi connectivity index (χ0v) is 13.5. The van der Waals surface area contributed by atoms with Gasteiger partial charge >= 0.3 is 0 Å². The highest BCUT2D eigenvalue weighted by molar-refractivity contribution is 14.1. The van der Waals surface area contributed by atoms with Crippen LogP contribution in [0.15, 0.2) is 18.2 Å². The van der Waals surface area contributed by atoms with Gasteiger partial charge in [0, 0.05) is 11.6 Å². The van der Waals surface area contributed by atoms with E-state index in [0.29, 0.717) is 11.0 Å². The molecule has 0 unspecified atom stereocenters. The molecule has 104 valence electrons. The van der Waals surface area contributed by atoms with Crippen LogP contribution in [0.5, 0.6) is 5.75 Å². The second kappa shape index (κ2) is 5.69. The van der Waals surface area contributed by atoms with Gasteiger partial charge in [-0.3, -0.25) is 4.79 Å². The molecule has 0 aromatic heterocycles. The maximum absolute atomic E-state index is 12.1. The van der Waals surface area contributed by atoms with E-state index < -0.39 is 0 Å². The van der Waals surface area contributed by atoms with Crippen molar-refractivity contribution in [2.24, 2.45) is 5.41 Å². The summed E-state index contributed by atoms with van der Waals surface area (Å²) in [5, 5.41) is 12.7. The lowest BCUT2D eigenvalue weighted by atomic mass is 9.75. The Labute approximate surface area is 127 Å². The summed E-state index contributed by atoms with van der Waals surface area (Å²) in [6, 6.07) is 5.31. The summed E-state index contributed by atoms with van der Waals surface area (Å²) >= 11 is 2.04. The second-order valence-electron chi connectivity index (χ2n) is 6.08. The minimum atomic E-state index is -0.0867. The van der Waals surface area contributed by atoms with Crippen molar-refractivity contribution in [2.45, 2.75) is 45.6 Å². The molecule has 0 heterocycles. The van der Waals surface area contributed by atoms with Crippen LogP contribution in [0.1, 0.15) is 49.9 Å². The Kier molecular flexibility index (Phi) is 4.38. The summed E-state index contributed by atoms with van der Waals surface area (Å²) < 4.78 is 0.758. The summed E-state index contributed by atoms with van der Waals surface area (Å²) in [5.41, 5.74) is 0.935. The number of halogens is 1. The van der Waals surface area contributed by atoms with Crippen LogP contribution in [0.3, 0.4) is 0 Å². The number of hydrogen-bond donors (Lipinski definition) is 2. The molecule has 2 N–H and O–H groups in total. The third-order valence-corrected chi connectivity index (χ3v) is 4.79. The van der Waals surface area contributed by atoms with Crippen molar-refractivity contribution >= 4 is 28.5 Å². The van der Waals surface area contributed by atoms with Crippen molar-refractivity contribution < 1.29 is 9.90 Å². The van der Waals surface area contributed by atoms with Crippen molar-refractivity contribution in [3.63, 3.8) is 0 Å². The zero-order valence-electron chi connectivity index (χ0n) is 11.4. The zero-order chi connectivity index (χ0) is 14.0. The molecule has 1 amide bonds. The number of amides is 1. The Hall–Kier alpha value is -0.780. The van der Waals surface area contributed by atoms with Gasteiger partial charge in [0.05, 0.1) is 3.57 Å². The standard InChI is InChI=1S/C15H20INO2/c1-15(2)7-5-11(6-8-15)17-14(19)10-3-4-12(16)13(18)9-10/h3-4,9,11,18H,5-8H2,1-2H3,(H,17,19). The molecular formula is C15H20INO2. The lowest BCUT2D eigenvalue weighted by Gasteiger charge is -2.34. The Morgan fingerprint density at radius 2 is 2.00 bits per heavy atom. The van der Waals surface area contributed by atoms with E-state index in [1.807, 2.05) is 22.6 Å². The molecule has 1 aliphatic carbocycles. The molecule has 0 bridgehead atoms. The molecule has 1 fully saturated rings. The van der Waals surface area contributed by atoms with Gasteiger partial charge in [-0.2, -0.15) is 0 Å². The van der Waals surface area contributed by atoms with E-state index in [4.69, 9.17) is 0 Å². The van der Waals surface area contributed by atoms with Crippen molar-refractivity contribution in [3.8, 4) is 5.75 Å². The van der Waals surface area contributed by atoms with Gasteiger partial charge < -0.3 is 10.4 Å². The summed E-state index contributed by atoms with van der Waals surface area (Å²) in [6.45, 7) is 4.56. The summed E-state index contributed by atoms with van der Waals surface area (Å²) in [4.78, 5) is 12.1. The molecular weight excluding hydrogens is 353 g/mol. The number of aromatic hydroxyl groups is 1. The van der Waals surface area contributed by atoms with Crippen LogP contribution < -0.4 is 5.32 Å². The molecule has 4 heteroatoms. The molecule has 19 heavy (non-hydrogen) atoms. The molecule has 0 atom stereocenters. The first-order chi connectivity index (χ1) is 8.87. The van der Waals surface area contributed by atoms with E-state index >= 15 is 0 Å². The fraction of sp³-hybridized carbons (Fsp3) is 0.533. The van der Waals surface area contributed by atoms with E-state index in [0.717, 1.165) is 29.3 Å². The Bertz CT molecular complexity index is 475. The van der Waals surface area contributed by atoms with Gasteiger partial charge in [0.25, 0.3) is 5.91 Å². The number of carbonyl (C=O) groups is 1. The predicted molar refractivity (Wildman–Crippen MR) is 84.3 cm³/mol. The molecule has 1 saturated carbocycles. The van der Waals surface area contributed by atoms with Crippen molar-refractivity contribution in [3.05, 3.63) is 27.3 Å². The predicted octanol–water partition coefficient (Wildman–Crippen LogP) is 3.70. The first-order valence-corrected chi connectivity index (χ1v) is 7.75. The fourth-order valence-corrected chi connectivity index (χ4v) is 2.80. The van der Waals surface area contributed by atoms with Crippen molar-refractivity contribution in [1.29, 1.82) is 0 Å². The number of benzene rings is 1. The minimum absolute atomic E-state index is 0.0867. The third kappa shape index (κ3) is 3.84. The Morgan fingerprint density at radius 3 is 2.58 bits per heavy atom. The molecule has 0 aliphatic heterocycles. The second-order valence-corrected chi connectivity index (χ2v) is 7.24. The van der Waals surface area contributed by atoms with Gasteiger partial charge in [-0.05, 0) is 71.9 Å². The first-order valence-electron chi connectivity index (χ1n) is 6.67. The van der Waals surface area contributed by atoms with Gasteiger partial charge in [-0.1, -0.05) is 13.8 Å². The fourth-order valence-electron chi connectivity index (χ4n) is 2.47. The Morgan fingerprint density at radius 1 is 1.37 bits per heavy atom. The van der Waals surface area contributed by atoms with Crippen LogP contribution in [0.2, 0.25) is 0 Å². The summed E-state index contributed by atoms with van der Waals surface area (Å²) in [5.74, 6) is 0.0782. The van der Waals surface area contributed by atoms with Crippen LogP contribution in [0, 0.1) is 8.99 Å². The van der Waals surface area contributed by atoms with Crippen LogP contribution in [-0.4, -0.2) is 17.1 Å². The van der Waals surface area contributed by atoms with Crippen molar-refractivity contribution in [1.82, 2.24) is 5.32 Å².